The number of fused-ring (bicyclic) bond motifs is 1. The average molecular weight is 150 g/mol. The van der Waals surface area contributed by atoms with Crippen LogP contribution in [-0.4, -0.2) is 21.4 Å². The molecule has 1 atom stereocenters. The van der Waals surface area contributed by atoms with E-state index in [1.807, 2.05) is 0 Å². The quantitative estimate of drug-likeness (QED) is 0.542. The summed E-state index contributed by atoms with van der Waals surface area (Å²) in [5.74, 6) is 0.613. The van der Waals surface area contributed by atoms with Crippen molar-refractivity contribution in [2.45, 2.75) is 6.23 Å². The molecule has 5 heteroatoms. The molecule has 0 bridgehead atoms. The Morgan fingerprint density at radius 1 is 1.55 bits per heavy atom. The molecule has 0 spiro atoms. The fourth-order valence-electron chi connectivity index (χ4n) is 0.899. The maximum Gasteiger partial charge on any atom is 0.178 e. The SMILES string of the molecule is O[C@H]1N=CNc2ncncc21. The molecular formula is C6H6N4O. The summed E-state index contributed by atoms with van der Waals surface area (Å²) in [5, 5.41) is 12.0. The lowest BCUT2D eigenvalue weighted by atomic mass is 10.2. The molecule has 0 radical (unpaired) electrons. The van der Waals surface area contributed by atoms with Gasteiger partial charge < -0.3 is 10.4 Å². The first-order valence-corrected chi connectivity index (χ1v) is 3.14. The van der Waals surface area contributed by atoms with Gasteiger partial charge in [-0.3, -0.25) is 0 Å². The maximum atomic E-state index is 9.24. The fraction of sp³-hybridized carbons (Fsp3) is 0.167. The molecular weight excluding hydrogens is 144 g/mol. The Hall–Kier alpha value is -1.49. The molecule has 0 fully saturated rings. The lowest BCUT2D eigenvalue weighted by Crippen LogP contribution is -2.11. The summed E-state index contributed by atoms with van der Waals surface area (Å²) in [6.07, 6.45) is 3.54. The zero-order valence-corrected chi connectivity index (χ0v) is 5.60. The minimum Gasteiger partial charge on any atom is -0.368 e. The van der Waals surface area contributed by atoms with Gasteiger partial charge in [-0.15, -0.1) is 0 Å². The Bertz CT molecular complexity index is 298. The number of nitrogens with one attached hydrogen (secondary N) is 1. The first-order valence-electron chi connectivity index (χ1n) is 3.14. The zero-order chi connectivity index (χ0) is 7.68. The van der Waals surface area contributed by atoms with Gasteiger partial charge in [-0.1, -0.05) is 0 Å². The average Bonchev–Trinajstić information content (AvgIpc) is 2.06. The Morgan fingerprint density at radius 2 is 2.45 bits per heavy atom. The van der Waals surface area contributed by atoms with Crippen LogP contribution in [0.4, 0.5) is 5.82 Å². The Balaban J connectivity index is 2.50. The third-order valence-corrected chi connectivity index (χ3v) is 1.44. The number of anilines is 1. The predicted molar refractivity (Wildman–Crippen MR) is 39.1 cm³/mol. The monoisotopic (exact) mass is 150 g/mol. The van der Waals surface area contributed by atoms with Crippen LogP contribution in [0, 0.1) is 0 Å². The molecule has 0 saturated carbocycles. The van der Waals surface area contributed by atoms with E-state index in [2.05, 4.69) is 20.3 Å². The molecule has 0 aliphatic carbocycles. The van der Waals surface area contributed by atoms with E-state index in [1.54, 1.807) is 0 Å². The molecule has 0 amide bonds. The van der Waals surface area contributed by atoms with Gasteiger partial charge in [0.15, 0.2) is 6.23 Å². The summed E-state index contributed by atoms with van der Waals surface area (Å²) in [6, 6.07) is 0. The minimum atomic E-state index is -0.826. The minimum absolute atomic E-state index is 0.606. The molecule has 1 aliphatic heterocycles. The highest BCUT2D eigenvalue weighted by molar-refractivity contribution is 5.77. The normalized spacial score (nSPS) is 20.6. The largest absolute Gasteiger partial charge is 0.368 e. The zero-order valence-electron chi connectivity index (χ0n) is 5.60. The van der Waals surface area contributed by atoms with Crippen molar-refractivity contribution >= 4 is 12.2 Å². The van der Waals surface area contributed by atoms with Gasteiger partial charge in [0.2, 0.25) is 0 Å². The number of aliphatic hydroxyl groups is 1. The van der Waals surface area contributed by atoms with E-state index in [0.29, 0.717) is 11.4 Å². The lowest BCUT2D eigenvalue weighted by molar-refractivity contribution is 0.188. The van der Waals surface area contributed by atoms with Crippen molar-refractivity contribution in [3.63, 3.8) is 0 Å². The van der Waals surface area contributed by atoms with Crippen molar-refractivity contribution in [2.75, 3.05) is 5.32 Å². The van der Waals surface area contributed by atoms with E-state index in [9.17, 15) is 5.11 Å². The second-order valence-electron chi connectivity index (χ2n) is 2.12. The number of aromatic nitrogens is 2. The molecule has 1 aromatic rings. The number of hydrogen-bond acceptors (Lipinski definition) is 5. The van der Waals surface area contributed by atoms with Crippen LogP contribution in [0.5, 0.6) is 0 Å². The summed E-state index contributed by atoms with van der Waals surface area (Å²) in [6.45, 7) is 0. The molecule has 2 N–H and O–H groups in total. The van der Waals surface area contributed by atoms with Gasteiger partial charge in [-0.2, -0.15) is 0 Å². The predicted octanol–water partition coefficient (Wildman–Crippen LogP) is -0.0787. The van der Waals surface area contributed by atoms with Crippen molar-refractivity contribution in [3.05, 3.63) is 18.1 Å². The summed E-state index contributed by atoms with van der Waals surface area (Å²) in [7, 11) is 0. The van der Waals surface area contributed by atoms with Crippen LogP contribution in [-0.2, 0) is 0 Å². The molecule has 0 saturated heterocycles. The van der Waals surface area contributed by atoms with Gasteiger partial charge in [0, 0.05) is 6.20 Å². The van der Waals surface area contributed by atoms with E-state index in [1.165, 1.54) is 18.9 Å². The summed E-state index contributed by atoms with van der Waals surface area (Å²) in [4.78, 5) is 11.4. The van der Waals surface area contributed by atoms with Gasteiger partial charge in [0.05, 0.1) is 11.9 Å². The number of nitrogens with zero attached hydrogens (tertiary/aromatic N) is 3. The molecule has 56 valence electrons. The smallest absolute Gasteiger partial charge is 0.178 e. The van der Waals surface area contributed by atoms with Crippen molar-refractivity contribution < 1.29 is 5.11 Å². The van der Waals surface area contributed by atoms with Crippen LogP contribution in [0.15, 0.2) is 17.5 Å². The van der Waals surface area contributed by atoms with Crippen molar-refractivity contribution in [3.8, 4) is 0 Å². The Morgan fingerprint density at radius 3 is 3.27 bits per heavy atom. The molecule has 11 heavy (non-hydrogen) atoms. The van der Waals surface area contributed by atoms with Crippen molar-refractivity contribution in [1.29, 1.82) is 0 Å². The second kappa shape index (κ2) is 2.28. The summed E-state index contributed by atoms with van der Waals surface area (Å²) in [5.41, 5.74) is 0.606. The highest BCUT2D eigenvalue weighted by Crippen LogP contribution is 2.22. The third-order valence-electron chi connectivity index (χ3n) is 1.44. The Labute approximate surface area is 62.8 Å². The third kappa shape index (κ3) is 0.947. The maximum absolute atomic E-state index is 9.24. The number of aliphatic imine (C=N–C) groups is 1. The van der Waals surface area contributed by atoms with Crippen molar-refractivity contribution in [1.82, 2.24) is 9.97 Å². The molecule has 2 heterocycles. The van der Waals surface area contributed by atoms with Gasteiger partial charge in [-0.05, 0) is 0 Å². The van der Waals surface area contributed by atoms with Crippen LogP contribution in [0.25, 0.3) is 0 Å². The van der Waals surface area contributed by atoms with E-state index in [0.717, 1.165) is 0 Å². The molecule has 1 aromatic heterocycles. The van der Waals surface area contributed by atoms with Crippen LogP contribution < -0.4 is 5.32 Å². The first-order chi connectivity index (χ1) is 5.38. The van der Waals surface area contributed by atoms with E-state index in [4.69, 9.17) is 0 Å². The van der Waals surface area contributed by atoms with Gasteiger partial charge >= 0.3 is 0 Å². The topological polar surface area (TPSA) is 70.4 Å². The molecule has 0 aromatic carbocycles. The molecule has 0 unspecified atom stereocenters. The van der Waals surface area contributed by atoms with Gasteiger partial charge in [0.1, 0.15) is 12.1 Å². The van der Waals surface area contributed by atoms with Crippen molar-refractivity contribution in [2.24, 2.45) is 4.99 Å². The number of rotatable bonds is 0. The van der Waals surface area contributed by atoms with Crippen LogP contribution in [0.3, 0.4) is 0 Å². The highest BCUT2D eigenvalue weighted by atomic mass is 16.3. The summed E-state index contributed by atoms with van der Waals surface area (Å²) < 4.78 is 0. The fourth-order valence-corrected chi connectivity index (χ4v) is 0.899. The van der Waals surface area contributed by atoms with Crippen LogP contribution in [0.1, 0.15) is 11.8 Å². The van der Waals surface area contributed by atoms with Crippen LogP contribution in [0.2, 0.25) is 0 Å². The first kappa shape index (κ1) is 6.23. The lowest BCUT2D eigenvalue weighted by Gasteiger charge is -2.13. The molecule has 1 aliphatic rings. The van der Waals surface area contributed by atoms with Gasteiger partial charge in [0.25, 0.3) is 0 Å². The van der Waals surface area contributed by atoms with Crippen LogP contribution >= 0.6 is 0 Å². The van der Waals surface area contributed by atoms with E-state index < -0.39 is 6.23 Å². The summed E-state index contributed by atoms with van der Waals surface area (Å²) >= 11 is 0. The van der Waals surface area contributed by atoms with E-state index >= 15 is 0 Å². The molecule has 5 nitrogen and oxygen atoms in total. The second-order valence-corrected chi connectivity index (χ2v) is 2.12. The number of hydrogen-bond donors (Lipinski definition) is 2. The van der Waals surface area contributed by atoms with E-state index in [-0.39, 0.29) is 0 Å². The standard InChI is InChI=1S/C6H6N4O/c11-6-4-1-7-2-8-5(4)9-3-10-6/h1-3,6,11H,(H,7,8,9,10)/t6-/m1/s1. The Kier molecular flexibility index (Phi) is 1.29. The number of aliphatic hydroxyl groups excluding tert-OH is 1. The van der Waals surface area contributed by atoms with Gasteiger partial charge in [-0.25, -0.2) is 15.0 Å². The highest BCUT2D eigenvalue weighted by Gasteiger charge is 2.14. The molecule has 2 rings (SSSR count).